The second-order valence-corrected chi connectivity index (χ2v) is 4.14. The standard InChI is InChI=1S/C11H9F6N/c12-10(13,14)7-2-1-6-4-18-5-9(8(6)3-7)11(15,16)17/h1-3,9,18H,4-5H2. The summed E-state index contributed by atoms with van der Waals surface area (Å²) in [4.78, 5) is 0. The number of fused-ring (bicyclic) bond motifs is 1. The Morgan fingerprint density at radius 1 is 1.06 bits per heavy atom. The number of rotatable bonds is 0. The fraction of sp³-hybridized carbons (Fsp3) is 0.455. The van der Waals surface area contributed by atoms with Gasteiger partial charge in [0.2, 0.25) is 0 Å². The molecule has 100 valence electrons. The van der Waals surface area contributed by atoms with Gasteiger partial charge in [0, 0.05) is 13.1 Å². The predicted octanol–water partition coefficient (Wildman–Crippen LogP) is 3.45. The van der Waals surface area contributed by atoms with Crippen LogP contribution in [-0.2, 0) is 12.7 Å². The zero-order valence-corrected chi connectivity index (χ0v) is 8.99. The first kappa shape index (κ1) is 13.2. The number of hydrogen-bond donors (Lipinski definition) is 1. The van der Waals surface area contributed by atoms with Gasteiger partial charge in [-0.25, -0.2) is 0 Å². The third-order valence-corrected chi connectivity index (χ3v) is 2.91. The first-order valence-corrected chi connectivity index (χ1v) is 5.17. The van der Waals surface area contributed by atoms with Gasteiger partial charge in [0.1, 0.15) is 0 Å². The van der Waals surface area contributed by atoms with Crippen molar-refractivity contribution in [2.45, 2.75) is 24.8 Å². The summed E-state index contributed by atoms with van der Waals surface area (Å²) < 4.78 is 75.6. The Morgan fingerprint density at radius 3 is 2.28 bits per heavy atom. The highest BCUT2D eigenvalue weighted by atomic mass is 19.4. The number of alkyl halides is 6. The molecule has 0 aliphatic carbocycles. The van der Waals surface area contributed by atoms with Crippen LogP contribution in [0.3, 0.4) is 0 Å². The molecule has 1 aromatic rings. The lowest BCUT2D eigenvalue weighted by atomic mass is 9.89. The van der Waals surface area contributed by atoms with Crippen molar-refractivity contribution in [2.24, 2.45) is 0 Å². The molecule has 1 unspecified atom stereocenters. The minimum absolute atomic E-state index is 0.153. The van der Waals surface area contributed by atoms with E-state index in [4.69, 9.17) is 0 Å². The van der Waals surface area contributed by atoms with E-state index < -0.39 is 30.4 Å². The number of hydrogen-bond acceptors (Lipinski definition) is 1. The van der Waals surface area contributed by atoms with E-state index in [1.807, 2.05) is 0 Å². The Hall–Kier alpha value is -1.24. The van der Waals surface area contributed by atoms with E-state index in [0.29, 0.717) is 6.07 Å². The van der Waals surface area contributed by atoms with Crippen LogP contribution in [-0.4, -0.2) is 12.7 Å². The molecule has 1 aliphatic rings. The molecule has 1 atom stereocenters. The molecule has 0 spiro atoms. The second kappa shape index (κ2) is 4.15. The van der Waals surface area contributed by atoms with Gasteiger partial charge >= 0.3 is 12.4 Å². The summed E-state index contributed by atoms with van der Waals surface area (Å²) in [6, 6.07) is 2.51. The summed E-state index contributed by atoms with van der Waals surface area (Å²) in [6.07, 6.45) is -9.18. The maximum Gasteiger partial charge on any atom is 0.416 e. The molecule has 0 radical (unpaired) electrons. The molecular formula is C11H9F6N. The van der Waals surface area contributed by atoms with Crippen LogP contribution < -0.4 is 5.32 Å². The molecule has 0 saturated carbocycles. The minimum atomic E-state index is -4.63. The summed E-state index contributed by atoms with van der Waals surface area (Å²) >= 11 is 0. The quantitative estimate of drug-likeness (QED) is 0.711. The van der Waals surface area contributed by atoms with Crippen LogP contribution in [0.1, 0.15) is 22.6 Å². The van der Waals surface area contributed by atoms with E-state index in [0.717, 1.165) is 12.1 Å². The van der Waals surface area contributed by atoms with Crippen LogP contribution in [0.5, 0.6) is 0 Å². The summed E-state index contributed by atoms with van der Waals surface area (Å²) in [5, 5.41) is 2.55. The molecule has 0 fully saturated rings. The topological polar surface area (TPSA) is 12.0 Å². The van der Waals surface area contributed by atoms with Gasteiger partial charge in [-0.15, -0.1) is 0 Å². The van der Waals surface area contributed by atoms with E-state index in [2.05, 4.69) is 5.32 Å². The van der Waals surface area contributed by atoms with E-state index in [1.165, 1.54) is 0 Å². The Kier molecular flexibility index (Phi) is 3.04. The summed E-state index contributed by atoms with van der Waals surface area (Å²) in [6.45, 7) is -0.238. The summed E-state index contributed by atoms with van der Waals surface area (Å²) in [5.41, 5.74) is -1.06. The fourth-order valence-corrected chi connectivity index (χ4v) is 2.01. The summed E-state index contributed by atoms with van der Waals surface area (Å²) in [7, 11) is 0. The number of benzene rings is 1. The Morgan fingerprint density at radius 2 is 1.72 bits per heavy atom. The third-order valence-electron chi connectivity index (χ3n) is 2.91. The van der Waals surface area contributed by atoms with Gasteiger partial charge < -0.3 is 5.32 Å². The van der Waals surface area contributed by atoms with Crippen LogP contribution in [0.25, 0.3) is 0 Å². The number of nitrogens with one attached hydrogen (secondary N) is 1. The molecule has 0 bridgehead atoms. The van der Waals surface area contributed by atoms with Crippen molar-refractivity contribution in [3.05, 3.63) is 34.9 Å². The first-order chi connectivity index (χ1) is 8.19. The van der Waals surface area contributed by atoms with E-state index in [1.54, 1.807) is 0 Å². The molecule has 18 heavy (non-hydrogen) atoms. The Bertz CT molecular complexity index is 448. The zero-order chi connectivity index (χ0) is 13.6. The highest BCUT2D eigenvalue weighted by Gasteiger charge is 2.44. The van der Waals surface area contributed by atoms with E-state index >= 15 is 0 Å². The molecule has 0 aromatic heterocycles. The average Bonchev–Trinajstić information content (AvgIpc) is 2.25. The number of halogens is 6. The molecule has 1 N–H and O–H groups in total. The molecule has 1 aliphatic heterocycles. The fourth-order valence-electron chi connectivity index (χ4n) is 2.01. The second-order valence-electron chi connectivity index (χ2n) is 4.14. The lowest BCUT2D eigenvalue weighted by molar-refractivity contribution is -0.151. The molecule has 7 heteroatoms. The van der Waals surface area contributed by atoms with Gasteiger partial charge in [0.15, 0.2) is 0 Å². The van der Waals surface area contributed by atoms with Crippen LogP contribution in [0.4, 0.5) is 26.3 Å². The molecule has 0 amide bonds. The van der Waals surface area contributed by atoms with Gasteiger partial charge in [-0.1, -0.05) is 6.07 Å². The molecule has 1 heterocycles. The smallest absolute Gasteiger partial charge is 0.312 e. The first-order valence-electron chi connectivity index (χ1n) is 5.17. The average molecular weight is 269 g/mol. The predicted molar refractivity (Wildman–Crippen MR) is 51.9 cm³/mol. The van der Waals surface area contributed by atoms with Crippen molar-refractivity contribution in [1.82, 2.24) is 5.32 Å². The van der Waals surface area contributed by atoms with Crippen molar-refractivity contribution in [3.63, 3.8) is 0 Å². The minimum Gasteiger partial charge on any atom is -0.312 e. The normalized spacial score (nSPS) is 20.7. The van der Waals surface area contributed by atoms with Crippen molar-refractivity contribution >= 4 is 0 Å². The lowest BCUT2D eigenvalue weighted by Gasteiger charge is -2.28. The van der Waals surface area contributed by atoms with Crippen LogP contribution in [0, 0.1) is 0 Å². The maximum atomic E-state index is 12.7. The van der Waals surface area contributed by atoms with Gasteiger partial charge in [0.05, 0.1) is 11.5 Å². The van der Waals surface area contributed by atoms with Crippen molar-refractivity contribution in [3.8, 4) is 0 Å². The van der Waals surface area contributed by atoms with Crippen molar-refractivity contribution in [1.29, 1.82) is 0 Å². The lowest BCUT2D eigenvalue weighted by Crippen LogP contribution is -2.36. The zero-order valence-electron chi connectivity index (χ0n) is 8.99. The maximum absolute atomic E-state index is 12.7. The van der Waals surface area contributed by atoms with Gasteiger partial charge in [-0.3, -0.25) is 0 Å². The largest absolute Gasteiger partial charge is 0.416 e. The molecule has 0 saturated heterocycles. The third kappa shape index (κ3) is 2.45. The van der Waals surface area contributed by atoms with Crippen LogP contribution in [0.15, 0.2) is 18.2 Å². The van der Waals surface area contributed by atoms with Crippen molar-refractivity contribution in [2.75, 3.05) is 6.54 Å². The molecule has 2 rings (SSSR count). The monoisotopic (exact) mass is 269 g/mol. The Balaban J connectivity index is 2.48. The van der Waals surface area contributed by atoms with Crippen LogP contribution in [0.2, 0.25) is 0 Å². The molecule has 1 nitrogen and oxygen atoms in total. The summed E-state index contributed by atoms with van der Waals surface area (Å²) in [5.74, 6) is -1.89. The van der Waals surface area contributed by atoms with Crippen molar-refractivity contribution < 1.29 is 26.3 Å². The molecule has 1 aromatic carbocycles. The highest BCUT2D eigenvalue weighted by molar-refractivity contribution is 5.38. The molecular weight excluding hydrogens is 260 g/mol. The SMILES string of the molecule is FC(F)(F)c1ccc2c(c1)C(C(F)(F)F)CNC2. The highest BCUT2D eigenvalue weighted by Crippen LogP contribution is 2.40. The van der Waals surface area contributed by atoms with Gasteiger partial charge in [-0.05, 0) is 23.3 Å². The van der Waals surface area contributed by atoms with E-state index in [-0.39, 0.29) is 17.7 Å². The van der Waals surface area contributed by atoms with Crippen LogP contribution >= 0.6 is 0 Å². The Labute approximate surface area is 98.8 Å². The van der Waals surface area contributed by atoms with Gasteiger partial charge in [0.25, 0.3) is 0 Å². The van der Waals surface area contributed by atoms with E-state index in [9.17, 15) is 26.3 Å². The van der Waals surface area contributed by atoms with Gasteiger partial charge in [-0.2, -0.15) is 26.3 Å².